The van der Waals surface area contributed by atoms with E-state index in [4.69, 9.17) is 27.9 Å². The molecule has 0 unspecified atom stereocenters. The molecule has 1 N–H and O–H groups in total. The Hall–Kier alpha value is -2.82. The number of hydrogen-bond donors (Lipinski definition) is 1. The molecule has 3 rings (SSSR count). The van der Waals surface area contributed by atoms with E-state index in [2.05, 4.69) is 5.32 Å². The van der Waals surface area contributed by atoms with Gasteiger partial charge in [-0.3, -0.25) is 9.59 Å². The minimum Gasteiger partial charge on any atom is -0.426 e. The minimum absolute atomic E-state index is 0.0367. The average molecular weight is 400 g/mol. The Morgan fingerprint density at radius 2 is 1.44 bits per heavy atom. The highest BCUT2D eigenvalue weighted by molar-refractivity contribution is 6.36. The van der Waals surface area contributed by atoms with Crippen LogP contribution >= 0.6 is 23.2 Å². The molecule has 0 aromatic heterocycles. The van der Waals surface area contributed by atoms with E-state index in [1.54, 1.807) is 66.7 Å². The zero-order chi connectivity index (χ0) is 19.2. The van der Waals surface area contributed by atoms with Crippen LogP contribution in [0.1, 0.15) is 15.9 Å². The summed E-state index contributed by atoms with van der Waals surface area (Å²) in [6.45, 7) is 0. The second kappa shape index (κ2) is 8.71. The van der Waals surface area contributed by atoms with Crippen LogP contribution in [0.5, 0.6) is 5.75 Å². The van der Waals surface area contributed by atoms with Crippen LogP contribution < -0.4 is 10.1 Å². The van der Waals surface area contributed by atoms with E-state index in [1.807, 2.05) is 6.07 Å². The number of carbonyl (C=O) groups excluding carboxylic acids is 2. The molecule has 0 aliphatic rings. The number of hydrogen-bond acceptors (Lipinski definition) is 3. The van der Waals surface area contributed by atoms with Crippen LogP contribution in [0, 0.1) is 0 Å². The molecule has 136 valence electrons. The van der Waals surface area contributed by atoms with Crippen molar-refractivity contribution in [1.29, 1.82) is 0 Å². The van der Waals surface area contributed by atoms with Crippen molar-refractivity contribution in [3.63, 3.8) is 0 Å². The standard InChI is InChI=1S/C21H15Cl2NO3/c22-18-7-4-8-19(23)17(18)13-20(25)27-16-11-9-15(10-12-16)24-21(26)14-5-2-1-3-6-14/h1-12H,13H2,(H,24,26). The van der Waals surface area contributed by atoms with Crippen LogP contribution in [-0.2, 0) is 11.2 Å². The maximum atomic E-state index is 12.1. The van der Waals surface area contributed by atoms with Crippen molar-refractivity contribution < 1.29 is 14.3 Å². The van der Waals surface area contributed by atoms with Gasteiger partial charge in [0.15, 0.2) is 0 Å². The maximum absolute atomic E-state index is 12.1. The normalized spacial score (nSPS) is 10.3. The van der Waals surface area contributed by atoms with Gasteiger partial charge in [-0.1, -0.05) is 47.5 Å². The van der Waals surface area contributed by atoms with Gasteiger partial charge in [-0.25, -0.2) is 0 Å². The van der Waals surface area contributed by atoms with E-state index in [0.717, 1.165) is 0 Å². The summed E-state index contributed by atoms with van der Waals surface area (Å²) >= 11 is 12.1. The molecule has 0 aliphatic carbocycles. The number of benzene rings is 3. The summed E-state index contributed by atoms with van der Waals surface area (Å²) in [7, 11) is 0. The predicted molar refractivity (Wildman–Crippen MR) is 107 cm³/mol. The Morgan fingerprint density at radius 1 is 0.815 bits per heavy atom. The number of amides is 1. The van der Waals surface area contributed by atoms with Crippen molar-refractivity contribution in [2.45, 2.75) is 6.42 Å². The molecule has 1 amide bonds. The van der Waals surface area contributed by atoms with E-state index < -0.39 is 5.97 Å². The number of ether oxygens (including phenoxy) is 1. The third-order valence-electron chi connectivity index (χ3n) is 3.76. The Kier molecular flexibility index (Phi) is 6.12. The average Bonchev–Trinajstić information content (AvgIpc) is 2.67. The Balaban J connectivity index is 1.60. The van der Waals surface area contributed by atoms with Gasteiger partial charge in [-0.15, -0.1) is 0 Å². The van der Waals surface area contributed by atoms with Gasteiger partial charge in [0.25, 0.3) is 5.91 Å². The molecule has 0 aliphatic heterocycles. The first-order chi connectivity index (χ1) is 13.0. The van der Waals surface area contributed by atoms with Crippen molar-refractivity contribution in [3.8, 4) is 5.75 Å². The molecule has 0 radical (unpaired) electrons. The fourth-order valence-electron chi connectivity index (χ4n) is 2.41. The first-order valence-corrected chi connectivity index (χ1v) is 8.88. The summed E-state index contributed by atoms with van der Waals surface area (Å²) in [5.41, 5.74) is 1.68. The van der Waals surface area contributed by atoms with Crippen LogP contribution in [0.15, 0.2) is 72.8 Å². The molecule has 3 aromatic carbocycles. The summed E-state index contributed by atoms with van der Waals surface area (Å²) in [6.07, 6.45) is -0.0367. The quantitative estimate of drug-likeness (QED) is 0.461. The van der Waals surface area contributed by atoms with Gasteiger partial charge in [0, 0.05) is 26.9 Å². The zero-order valence-corrected chi connectivity index (χ0v) is 15.6. The summed E-state index contributed by atoms with van der Waals surface area (Å²) < 4.78 is 5.30. The van der Waals surface area contributed by atoms with Gasteiger partial charge in [-0.2, -0.15) is 0 Å². The summed E-state index contributed by atoms with van der Waals surface area (Å²) in [5.74, 6) is -0.333. The van der Waals surface area contributed by atoms with Crippen LogP contribution in [0.25, 0.3) is 0 Å². The lowest BCUT2D eigenvalue weighted by Gasteiger charge is -2.09. The monoisotopic (exact) mass is 399 g/mol. The van der Waals surface area contributed by atoms with E-state index in [1.165, 1.54) is 0 Å². The van der Waals surface area contributed by atoms with Crippen molar-refractivity contribution in [2.24, 2.45) is 0 Å². The number of halogens is 2. The van der Waals surface area contributed by atoms with Crippen LogP contribution in [0.3, 0.4) is 0 Å². The fraction of sp³-hybridized carbons (Fsp3) is 0.0476. The Morgan fingerprint density at radius 3 is 2.07 bits per heavy atom. The molecular weight excluding hydrogens is 385 g/mol. The van der Waals surface area contributed by atoms with Gasteiger partial charge in [0.05, 0.1) is 6.42 Å². The Bertz CT molecular complexity index is 937. The van der Waals surface area contributed by atoms with E-state index in [0.29, 0.717) is 32.6 Å². The van der Waals surface area contributed by atoms with Crippen LogP contribution in [-0.4, -0.2) is 11.9 Å². The maximum Gasteiger partial charge on any atom is 0.315 e. The molecule has 0 spiro atoms. The fourth-order valence-corrected chi connectivity index (χ4v) is 2.94. The second-order valence-corrected chi connectivity index (χ2v) is 6.51. The highest BCUT2D eigenvalue weighted by Gasteiger charge is 2.13. The molecule has 0 saturated heterocycles. The highest BCUT2D eigenvalue weighted by Crippen LogP contribution is 2.25. The SMILES string of the molecule is O=C(Cc1c(Cl)cccc1Cl)Oc1ccc(NC(=O)c2ccccc2)cc1. The lowest BCUT2D eigenvalue weighted by Crippen LogP contribution is -2.13. The third kappa shape index (κ3) is 5.09. The Labute approximate surface area is 166 Å². The number of esters is 1. The topological polar surface area (TPSA) is 55.4 Å². The van der Waals surface area contributed by atoms with Gasteiger partial charge in [0.2, 0.25) is 0 Å². The van der Waals surface area contributed by atoms with Crippen LogP contribution in [0.4, 0.5) is 5.69 Å². The lowest BCUT2D eigenvalue weighted by atomic mass is 10.1. The third-order valence-corrected chi connectivity index (χ3v) is 4.47. The highest BCUT2D eigenvalue weighted by atomic mass is 35.5. The first-order valence-electron chi connectivity index (χ1n) is 8.13. The van der Waals surface area contributed by atoms with E-state index in [9.17, 15) is 9.59 Å². The van der Waals surface area contributed by atoms with Crippen molar-refractivity contribution in [1.82, 2.24) is 0 Å². The lowest BCUT2D eigenvalue weighted by molar-refractivity contribution is -0.133. The summed E-state index contributed by atoms with van der Waals surface area (Å²) in [6, 6.07) is 20.5. The molecule has 4 nitrogen and oxygen atoms in total. The van der Waals surface area contributed by atoms with E-state index >= 15 is 0 Å². The van der Waals surface area contributed by atoms with E-state index in [-0.39, 0.29) is 12.3 Å². The van der Waals surface area contributed by atoms with Gasteiger partial charge < -0.3 is 10.1 Å². The van der Waals surface area contributed by atoms with Crippen molar-refractivity contribution >= 4 is 40.8 Å². The molecule has 6 heteroatoms. The summed E-state index contributed by atoms with van der Waals surface area (Å²) in [5, 5.41) is 3.61. The largest absolute Gasteiger partial charge is 0.426 e. The molecule has 0 atom stereocenters. The zero-order valence-electron chi connectivity index (χ0n) is 14.1. The van der Waals surface area contributed by atoms with Gasteiger partial charge >= 0.3 is 5.97 Å². The first kappa shape index (κ1) is 19.0. The molecule has 3 aromatic rings. The van der Waals surface area contributed by atoms with Crippen molar-refractivity contribution in [2.75, 3.05) is 5.32 Å². The molecule has 27 heavy (non-hydrogen) atoms. The smallest absolute Gasteiger partial charge is 0.315 e. The predicted octanol–water partition coefficient (Wildman–Crippen LogP) is 5.39. The summed E-state index contributed by atoms with van der Waals surface area (Å²) in [4.78, 5) is 24.2. The number of nitrogens with one attached hydrogen (secondary N) is 1. The van der Waals surface area contributed by atoms with Crippen molar-refractivity contribution in [3.05, 3.63) is 94.0 Å². The molecule has 0 bridgehead atoms. The second-order valence-electron chi connectivity index (χ2n) is 5.70. The number of carbonyl (C=O) groups is 2. The minimum atomic E-state index is -0.480. The van der Waals surface area contributed by atoms with Crippen LogP contribution in [0.2, 0.25) is 10.0 Å². The molecule has 0 heterocycles. The molecule has 0 fully saturated rings. The number of rotatable bonds is 5. The molecular formula is C21H15Cl2NO3. The van der Waals surface area contributed by atoms with Gasteiger partial charge in [-0.05, 0) is 48.5 Å². The van der Waals surface area contributed by atoms with Gasteiger partial charge in [0.1, 0.15) is 5.75 Å². The molecule has 0 saturated carbocycles. The number of anilines is 1.